The molecule has 8 nitrogen and oxygen atoms in total. The van der Waals surface area contributed by atoms with Gasteiger partial charge in [0.2, 0.25) is 5.91 Å². The quantitative estimate of drug-likeness (QED) is 0.513. The molecule has 1 aromatic carbocycles. The van der Waals surface area contributed by atoms with Crippen LogP contribution in [0.25, 0.3) is 0 Å². The summed E-state index contributed by atoms with van der Waals surface area (Å²) in [5.74, 6) is -0.0249. The Hall–Kier alpha value is -2.42. The minimum atomic E-state index is -0.470. The van der Waals surface area contributed by atoms with Crippen LogP contribution < -0.4 is 5.32 Å². The van der Waals surface area contributed by atoms with Crippen molar-refractivity contribution in [3.05, 3.63) is 40.2 Å². The van der Waals surface area contributed by atoms with E-state index in [0.29, 0.717) is 16.4 Å². The van der Waals surface area contributed by atoms with Crippen molar-refractivity contribution in [1.29, 1.82) is 0 Å². The molecule has 9 heteroatoms. The summed E-state index contributed by atoms with van der Waals surface area (Å²) in [5.41, 5.74) is 1.20. The number of carbonyl (C=O) groups excluding carboxylic acids is 1. The van der Waals surface area contributed by atoms with Crippen molar-refractivity contribution in [3.8, 4) is 0 Å². The Bertz CT molecular complexity index is 685. The summed E-state index contributed by atoms with van der Waals surface area (Å²) >= 11 is 1.26. The summed E-state index contributed by atoms with van der Waals surface area (Å²) in [6, 6.07) is 4.31. The number of non-ortho nitro benzene ring substituents is 1. The van der Waals surface area contributed by atoms with Gasteiger partial charge in [-0.25, -0.2) is 0 Å². The van der Waals surface area contributed by atoms with Gasteiger partial charge in [0.25, 0.3) is 5.69 Å². The van der Waals surface area contributed by atoms with E-state index in [-0.39, 0.29) is 17.3 Å². The number of nitrogens with zero attached hydrogens (tertiary/aromatic N) is 4. The van der Waals surface area contributed by atoms with Gasteiger partial charge in [-0.2, -0.15) is 0 Å². The number of nitro groups is 1. The summed E-state index contributed by atoms with van der Waals surface area (Å²) in [6.07, 6.45) is 1.56. The Morgan fingerprint density at radius 3 is 2.86 bits per heavy atom. The van der Waals surface area contributed by atoms with Crippen molar-refractivity contribution in [2.75, 3.05) is 11.1 Å². The number of carbonyl (C=O) groups is 1. The standard InChI is InChI=1S/C12H13N5O3S/c1-8-5-9(17(19)20)3-4-10(8)14-11(18)6-21-12-15-13-7-16(12)2/h3-5,7H,6H2,1-2H3,(H,14,18). The monoisotopic (exact) mass is 307 g/mol. The molecule has 2 rings (SSSR count). The number of aromatic nitrogens is 3. The van der Waals surface area contributed by atoms with Crippen LogP contribution in [0.4, 0.5) is 11.4 Å². The number of nitro benzene ring substituents is 1. The fourth-order valence-corrected chi connectivity index (χ4v) is 2.31. The highest BCUT2D eigenvalue weighted by Crippen LogP contribution is 2.21. The average molecular weight is 307 g/mol. The van der Waals surface area contributed by atoms with Gasteiger partial charge in [0.05, 0.1) is 10.7 Å². The second-order valence-corrected chi connectivity index (χ2v) is 5.26. The Labute approximate surface area is 124 Å². The SMILES string of the molecule is Cc1cc([N+](=O)[O-])ccc1NC(=O)CSc1nncn1C. The molecular weight excluding hydrogens is 294 g/mol. The highest BCUT2D eigenvalue weighted by molar-refractivity contribution is 7.99. The van der Waals surface area contributed by atoms with Crippen LogP contribution in [0.1, 0.15) is 5.56 Å². The van der Waals surface area contributed by atoms with E-state index in [1.807, 2.05) is 0 Å². The number of aryl methyl sites for hydroxylation is 2. The molecule has 0 aliphatic rings. The summed E-state index contributed by atoms with van der Waals surface area (Å²) in [5, 5.41) is 21.6. The zero-order valence-corrected chi connectivity index (χ0v) is 12.3. The number of amides is 1. The third-order valence-electron chi connectivity index (χ3n) is 2.70. The lowest BCUT2D eigenvalue weighted by molar-refractivity contribution is -0.384. The molecule has 1 heterocycles. The van der Waals surface area contributed by atoms with Gasteiger partial charge in [-0.15, -0.1) is 10.2 Å². The van der Waals surface area contributed by atoms with Gasteiger partial charge in [0.1, 0.15) is 6.33 Å². The minimum Gasteiger partial charge on any atom is -0.325 e. The lowest BCUT2D eigenvalue weighted by Crippen LogP contribution is -2.15. The molecule has 0 aliphatic carbocycles. The molecule has 0 fully saturated rings. The van der Waals surface area contributed by atoms with Crippen molar-refractivity contribution in [2.24, 2.45) is 7.05 Å². The lowest BCUT2D eigenvalue weighted by atomic mass is 10.2. The lowest BCUT2D eigenvalue weighted by Gasteiger charge is -2.07. The third kappa shape index (κ3) is 3.78. The van der Waals surface area contributed by atoms with E-state index in [9.17, 15) is 14.9 Å². The van der Waals surface area contributed by atoms with Crippen LogP contribution in [-0.4, -0.2) is 31.3 Å². The number of hydrogen-bond donors (Lipinski definition) is 1. The highest BCUT2D eigenvalue weighted by Gasteiger charge is 2.11. The fourth-order valence-electron chi connectivity index (χ4n) is 1.62. The second-order valence-electron chi connectivity index (χ2n) is 4.32. The normalized spacial score (nSPS) is 10.4. The first-order valence-electron chi connectivity index (χ1n) is 5.99. The maximum Gasteiger partial charge on any atom is 0.269 e. The van der Waals surface area contributed by atoms with Crippen molar-refractivity contribution in [2.45, 2.75) is 12.1 Å². The Morgan fingerprint density at radius 1 is 1.52 bits per heavy atom. The van der Waals surface area contributed by atoms with Crippen LogP contribution >= 0.6 is 11.8 Å². The molecule has 1 amide bonds. The molecule has 0 spiro atoms. The third-order valence-corrected chi connectivity index (χ3v) is 3.73. The molecule has 0 aliphatic heterocycles. The van der Waals surface area contributed by atoms with Gasteiger partial charge in [0, 0.05) is 24.9 Å². The second kappa shape index (κ2) is 6.35. The predicted molar refractivity (Wildman–Crippen MR) is 78.2 cm³/mol. The molecule has 0 saturated heterocycles. The number of thioether (sulfide) groups is 1. The molecule has 0 unspecified atom stereocenters. The summed E-state index contributed by atoms with van der Waals surface area (Å²) in [7, 11) is 1.79. The smallest absolute Gasteiger partial charge is 0.269 e. The first kappa shape index (κ1) is 15.0. The Kier molecular flexibility index (Phi) is 4.53. The zero-order valence-electron chi connectivity index (χ0n) is 11.4. The molecule has 1 N–H and O–H groups in total. The maximum atomic E-state index is 11.9. The molecule has 2 aromatic rings. The predicted octanol–water partition coefficient (Wildman–Crippen LogP) is 1.76. The summed E-state index contributed by atoms with van der Waals surface area (Å²) in [4.78, 5) is 22.0. The highest BCUT2D eigenvalue weighted by atomic mass is 32.2. The molecule has 110 valence electrons. The van der Waals surface area contributed by atoms with Crippen molar-refractivity contribution >= 4 is 29.0 Å². The topological polar surface area (TPSA) is 103 Å². The molecule has 0 saturated carbocycles. The summed E-state index contributed by atoms with van der Waals surface area (Å²) < 4.78 is 1.72. The van der Waals surface area contributed by atoms with Crippen LogP contribution in [0.15, 0.2) is 29.7 Å². The van der Waals surface area contributed by atoms with Gasteiger partial charge in [-0.1, -0.05) is 11.8 Å². The Morgan fingerprint density at radius 2 is 2.29 bits per heavy atom. The number of hydrogen-bond acceptors (Lipinski definition) is 6. The number of anilines is 1. The molecular formula is C12H13N5O3S. The first-order valence-corrected chi connectivity index (χ1v) is 6.97. The van der Waals surface area contributed by atoms with E-state index in [0.717, 1.165) is 0 Å². The van der Waals surface area contributed by atoms with Crippen LogP contribution in [-0.2, 0) is 11.8 Å². The first-order chi connectivity index (χ1) is 9.97. The van der Waals surface area contributed by atoms with Crippen molar-refractivity contribution in [3.63, 3.8) is 0 Å². The fraction of sp³-hybridized carbons (Fsp3) is 0.250. The molecule has 1 aromatic heterocycles. The zero-order chi connectivity index (χ0) is 15.4. The molecule has 21 heavy (non-hydrogen) atoms. The largest absolute Gasteiger partial charge is 0.325 e. The van der Waals surface area contributed by atoms with Gasteiger partial charge < -0.3 is 9.88 Å². The van der Waals surface area contributed by atoms with E-state index < -0.39 is 4.92 Å². The van der Waals surface area contributed by atoms with Gasteiger partial charge in [-0.3, -0.25) is 14.9 Å². The Balaban J connectivity index is 1.96. The van der Waals surface area contributed by atoms with Crippen LogP contribution in [0, 0.1) is 17.0 Å². The van der Waals surface area contributed by atoms with Gasteiger partial charge in [0.15, 0.2) is 5.16 Å². The van der Waals surface area contributed by atoms with E-state index in [1.165, 1.54) is 30.0 Å². The maximum absolute atomic E-state index is 11.9. The minimum absolute atomic E-state index is 0.000964. The van der Waals surface area contributed by atoms with Crippen molar-refractivity contribution < 1.29 is 9.72 Å². The number of nitrogens with one attached hydrogen (secondary N) is 1. The van der Waals surface area contributed by atoms with E-state index in [2.05, 4.69) is 15.5 Å². The molecule has 0 bridgehead atoms. The number of benzene rings is 1. The average Bonchev–Trinajstić information content (AvgIpc) is 2.84. The van der Waals surface area contributed by atoms with Gasteiger partial charge in [-0.05, 0) is 18.6 Å². The molecule has 0 atom stereocenters. The van der Waals surface area contributed by atoms with E-state index in [4.69, 9.17) is 0 Å². The summed E-state index contributed by atoms with van der Waals surface area (Å²) in [6.45, 7) is 1.71. The van der Waals surface area contributed by atoms with Crippen molar-refractivity contribution in [1.82, 2.24) is 14.8 Å². The van der Waals surface area contributed by atoms with Crippen LogP contribution in [0.3, 0.4) is 0 Å². The van der Waals surface area contributed by atoms with E-state index >= 15 is 0 Å². The van der Waals surface area contributed by atoms with Crippen LogP contribution in [0.5, 0.6) is 0 Å². The molecule has 0 radical (unpaired) electrons. The number of rotatable bonds is 5. The van der Waals surface area contributed by atoms with E-state index in [1.54, 1.807) is 24.9 Å². The van der Waals surface area contributed by atoms with Crippen LogP contribution in [0.2, 0.25) is 0 Å². The van der Waals surface area contributed by atoms with Gasteiger partial charge >= 0.3 is 0 Å².